The van der Waals surface area contributed by atoms with E-state index < -0.39 is 11.6 Å². The van der Waals surface area contributed by atoms with E-state index in [1.54, 1.807) is 23.1 Å². The third-order valence-corrected chi connectivity index (χ3v) is 4.43. The minimum atomic E-state index is -0.705. The zero-order valence-corrected chi connectivity index (χ0v) is 14.2. The molecular weight excluding hydrogens is 341 g/mol. The van der Waals surface area contributed by atoms with Crippen molar-refractivity contribution in [2.45, 2.75) is 6.54 Å². The van der Waals surface area contributed by atoms with Crippen molar-refractivity contribution in [3.63, 3.8) is 0 Å². The van der Waals surface area contributed by atoms with E-state index in [2.05, 4.69) is 4.90 Å². The van der Waals surface area contributed by atoms with Crippen LogP contribution in [0, 0.1) is 17.5 Å². The molecule has 0 aliphatic carbocycles. The Bertz CT molecular complexity index is 794. The number of rotatable bonds is 4. The molecule has 6 heteroatoms. The molecule has 2 aromatic carbocycles. The van der Waals surface area contributed by atoms with Crippen LogP contribution in [0.25, 0.3) is 6.08 Å². The number of nitrogens with zero attached hydrogens (tertiary/aromatic N) is 2. The van der Waals surface area contributed by atoms with Gasteiger partial charge in [-0.15, -0.1) is 0 Å². The van der Waals surface area contributed by atoms with Gasteiger partial charge in [0.25, 0.3) is 0 Å². The summed E-state index contributed by atoms with van der Waals surface area (Å²) in [6, 6.07) is 10.2. The summed E-state index contributed by atoms with van der Waals surface area (Å²) in [5, 5.41) is 0. The number of hydrogen-bond donors (Lipinski definition) is 0. The van der Waals surface area contributed by atoms with E-state index in [4.69, 9.17) is 0 Å². The molecule has 0 bridgehead atoms. The molecule has 1 aliphatic rings. The van der Waals surface area contributed by atoms with Gasteiger partial charge in [0.2, 0.25) is 5.91 Å². The first-order valence-corrected chi connectivity index (χ1v) is 8.41. The van der Waals surface area contributed by atoms with Crippen molar-refractivity contribution in [3.05, 3.63) is 77.1 Å². The first-order valence-electron chi connectivity index (χ1n) is 8.41. The average Bonchev–Trinajstić information content (AvgIpc) is 2.64. The Labute approximate surface area is 150 Å². The highest BCUT2D eigenvalue weighted by Gasteiger charge is 2.20. The van der Waals surface area contributed by atoms with E-state index in [1.807, 2.05) is 0 Å². The topological polar surface area (TPSA) is 23.6 Å². The number of carbonyl (C=O) groups excluding carboxylic acids is 1. The number of benzene rings is 2. The smallest absolute Gasteiger partial charge is 0.246 e. The van der Waals surface area contributed by atoms with Gasteiger partial charge in [0.15, 0.2) is 0 Å². The van der Waals surface area contributed by atoms with E-state index in [0.717, 1.165) is 12.1 Å². The van der Waals surface area contributed by atoms with Gasteiger partial charge >= 0.3 is 0 Å². The summed E-state index contributed by atoms with van der Waals surface area (Å²) in [6.07, 6.45) is 2.35. The fourth-order valence-electron chi connectivity index (χ4n) is 2.92. The molecule has 136 valence electrons. The summed E-state index contributed by atoms with van der Waals surface area (Å²) in [4.78, 5) is 15.9. The van der Waals surface area contributed by atoms with Crippen LogP contribution in [0.2, 0.25) is 0 Å². The SMILES string of the molecule is O=C(/C=C/c1c(F)cccc1F)N1CCN(Cc2ccccc2F)CC1. The second-order valence-corrected chi connectivity index (χ2v) is 6.16. The molecule has 0 saturated carbocycles. The van der Waals surface area contributed by atoms with Gasteiger partial charge in [-0.3, -0.25) is 9.69 Å². The summed E-state index contributed by atoms with van der Waals surface area (Å²) in [6.45, 7) is 2.68. The molecule has 1 amide bonds. The predicted octanol–water partition coefficient (Wildman–Crippen LogP) is 3.46. The van der Waals surface area contributed by atoms with Crippen molar-refractivity contribution in [2.75, 3.05) is 26.2 Å². The fraction of sp³-hybridized carbons (Fsp3) is 0.250. The molecular formula is C20H19F3N2O. The van der Waals surface area contributed by atoms with Crippen LogP contribution in [0.15, 0.2) is 48.5 Å². The molecule has 0 unspecified atom stereocenters. The van der Waals surface area contributed by atoms with E-state index in [9.17, 15) is 18.0 Å². The number of amides is 1. The monoisotopic (exact) mass is 360 g/mol. The zero-order valence-electron chi connectivity index (χ0n) is 14.2. The second-order valence-electron chi connectivity index (χ2n) is 6.16. The molecule has 3 nitrogen and oxygen atoms in total. The highest BCUT2D eigenvalue weighted by Crippen LogP contribution is 2.15. The molecule has 0 N–H and O–H groups in total. The van der Waals surface area contributed by atoms with Crippen LogP contribution in [0.4, 0.5) is 13.2 Å². The Kier molecular flexibility index (Phi) is 5.73. The third kappa shape index (κ3) is 4.32. The van der Waals surface area contributed by atoms with Gasteiger partial charge in [-0.1, -0.05) is 24.3 Å². The third-order valence-electron chi connectivity index (χ3n) is 4.43. The quantitative estimate of drug-likeness (QED) is 0.780. The average molecular weight is 360 g/mol. The van der Waals surface area contributed by atoms with Crippen molar-refractivity contribution >= 4 is 12.0 Å². The van der Waals surface area contributed by atoms with Gasteiger partial charge in [0.05, 0.1) is 0 Å². The van der Waals surface area contributed by atoms with Crippen LogP contribution < -0.4 is 0 Å². The Morgan fingerprint density at radius 1 is 0.885 bits per heavy atom. The lowest BCUT2D eigenvalue weighted by Gasteiger charge is -2.34. The highest BCUT2D eigenvalue weighted by molar-refractivity contribution is 5.91. The molecule has 0 radical (unpaired) electrons. The summed E-state index contributed by atoms with van der Waals surface area (Å²) in [5.74, 6) is -1.94. The molecule has 1 saturated heterocycles. The van der Waals surface area contributed by atoms with Gasteiger partial charge in [-0.25, -0.2) is 13.2 Å². The number of hydrogen-bond acceptors (Lipinski definition) is 2. The van der Waals surface area contributed by atoms with E-state index in [-0.39, 0.29) is 17.3 Å². The lowest BCUT2D eigenvalue weighted by molar-refractivity contribution is -0.127. The minimum Gasteiger partial charge on any atom is -0.337 e. The molecule has 2 aromatic rings. The van der Waals surface area contributed by atoms with Crippen LogP contribution in [0.3, 0.4) is 0 Å². The number of carbonyl (C=O) groups is 1. The minimum absolute atomic E-state index is 0.223. The highest BCUT2D eigenvalue weighted by atomic mass is 19.1. The largest absolute Gasteiger partial charge is 0.337 e. The maximum Gasteiger partial charge on any atom is 0.246 e. The van der Waals surface area contributed by atoms with Crippen LogP contribution in [0.5, 0.6) is 0 Å². The molecule has 0 atom stereocenters. The zero-order chi connectivity index (χ0) is 18.5. The van der Waals surface area contributed by atoms with Gasteiger partial charge in [0.1, 0.15) is 17.5 Å². The molecule has 1 aliphatic heterocycles. The summed E-state index contributed by atoms with van der Waals surface area (Å²) < 4.78 is 40.9. The van der Waals surface area contributed by atoms with Crippen LogP contribution in [-0.2, 0) is 11.3 Å². The van der Waals surface area contributed by atoms with Gasteiger partial charge in [-0.2, -0.15) is 0 Å². The molecule has 3 rings (SSSR count). The maximum atomic E-state index is 13.7. The Balaban J connectivity index is 1.55. The molecule has 1 heterocycles. The fourth-order valence-corrected chi connectivity index (χ4v) is 2.92. The number of piperazine rings is 1. The molecule has 26 heavy (non-hydrogen) atoms. The standard InChI is InChI=1S/C20H19F3N2O/c21-17-5-2-1-4-15(17)14-24-10-12-25(13-11-24)20(26)9-8-16-18(22)6-3-7-19(16)23/h1-9H,10-14H2/b9-8+. The van der Waals surface area contributed by atoms with Crippen LogP contribution in [0.1, 0.15) is 11.1 Å². The van der Waals surface area contributed by atoms with E-state index in [0.29, 0.717) is 38.3 Å². The van der Waals surface area contributed by atoms with Crippen molar-refractivity contribution in [3.8, 4) is 0 Å². The normalized spacial score (nSPS) is 15.6. The molecule has 0 spiro atoms. The Morgan fingerprint density at radius 2 is 1.50 bits per heavy atom. The van der Waals surface area contributed by atoms with Crippen LogP contribution >= 0.6 is 0 Å². The lowest BCUT2D eigenvalue weighted by Crippen LogP contribution is -2.47. The summed E-state index contributed by atoms with van der Waals surface area (Å²) in [5.41, 5.74) is 0.404. The van der Waals surface area contributed by atoms with E-state index in [1.165, 1.54) is 24.3 Å². The summed E-state index contributed by atoms with van der Waals surface area (Å²) in [7, 11) is 0. The number of halogens is 3. The van der Waals surface area contributed by atoms with Crippen molar-refractivity contribution in [1.29, 1.82) is 0 Å². The van der Waals surface area contributed by atoms with Crippen LogP contribution in [-0.4, -0.2) is 41.9 Å². The molecule has 0 aromatic heterocycles. The van der Waals surface area contributed by atoms with Crippen molar-refractivity contribution in [1.82, 2.24) is 9.80 Å². The first-order chi connectivity index (χ1) is 12.5. The van der Waals surface area contributed by atoms with Gasteiger partial charge in [0, 0.05) is 49.9 Å². The Hall–Kier alpha value is -2.60. The van der Waals surface area contributed by atoms with Gasteiger partial charge in [-0.05, 0) is 24.3 Å². The molecule has 1 fully saturated rings. The lowest BCUT2D eigenvalue weighted by atomic mass is 10.1. The van der Waals surface area contributed by atoms with Crippen molar-refractivity contribution < 1.29 is 18.0 Å². The first kappa shape index (κ1) is 18.2. The van der Waals surface area contributed by atoms with Crippen molar-refractivity contribution in [2.24, 2.45) is 0 Å². The second kappa shape index (κ2) is 8.19. The summed E-state index contributed by atoms with van der Waals surface area (Å²) >= 11 is 0. The predicted molar refractivity (Wildman–Crippen MR) is 93.6 cm³/mol. The van der Waals surface area contributed by atoms with E-state index >= 15 is 0 Å². The van der Waals surface area contributed by atoms with Gasteiger partial charge < -0.3 is 4.90 Å². The Morgan fingerprint density at radius 3 is 2.15 bits per heavy atom. The maximum absolute atomic E-state index is 13.7.